The van der Waals surface area contributed by atoms with Crippen molar-refractivity contribution >= 4 is 11.8 Å². The van der Waals surface area contributed by atoms with Crippen molar-refractivity contribution in [1.82, 2.24) is 4.90 Å². The van der Waals surface area contributed by atoms with Crippen LogP contribution in [-0.2, 0) is 4.79 Å². The molecule has 1 heterocycles. The molecule has 1 saturated heterocycles. The van der Waals surface area contributed by atoms with E-state index < -0.39 is 11.9 Å². The van der Waals surface area contributed by atoms with E-state index in [1.165, 1.54) is 6.07 Å². The second kappa shape index (κ2) is 5.69. The Balaban J connectivity index is 1.79. The lowest BCUT2D eigenvalue weighted by Gasteiger charge is -2.26. The zero-order chi connectivity index (χ0) is 17.7. The summed E-state index contributed by atoms with van der Waals surface area (Å²) in [6, 6.07) is 11.2. The van der Waals surface area contributed by atoms with Gasteiger partial charge in [-0.1, -0.05) is 30.3 Å². The molecular weight excluding hydrogens is 319 g/mol. The molecule has 2 N–H and O–H groups in total. The Morgan fingerprint density at radius 2 is 1.92 bits per heavy atom. The van der Waals surface area contributed by atoms with Crippen molar-refractivity contribution in [3.8, 4) is 11.1 Å². The van der Waals surface area contributed by atoms with Gasteiger partial charge in [0.05, 0.1) is 0 Å². The largest absolute Gasteiger partial charge is 0.368 e. The minimum Gasteiger partial charge on any atom is -0.368 e. The summed E-state index contributed by atoms with van der Waals surface area (Å²) in [5.41, 5.74) is 7.73. The van der Waals surface area contributed by atoms with Crippen LogP contribution in [0.4, 0.5) is 4.39 Å². The van der Waals surface area contributed by atoms with E-state index in [1.54, 1.807) is 35.2 Å². The number of primary amides is 1. The third-order valence-electron chi connectivity index (χ3n) is 5.35. The number of fused-ring (bicyclic) bond motifs is 1. The molecule has 128 valence electrons. The summed E-state index contributed by atoms with van der Waals surface area (Å²) in [4.78, 5) is 26.6. The molecule has 2 aliphatic rings. The average Bonchev–Trinajstić information content (AvgIpc) is 3.24. The lowest BCUT2D eigenvalue weighted by Crippen LogP contribution is -2.46. The number of nitrogens with two attached hydrogens (primary N) is 1. The molecule has 2 aromatic carbocycles. The SMILES string of the molecule is Cc1cccc(C(=O)N2C[C@H]3C[C@H]3[C@H]2C(N)=O)c1-c1ccccc1F. The first kappa shape index (κ1) is 15.8. The monoisotopic (exact) mass is 338 g/mol. The maximum absolute atomic E-state index is 14.4. The fourth-order valence-electron chi connectivity index (χ4n) is 4.06. The van der Waals surface area contributed by atoms with Gasteiger partial charge in [0.15, 0.2) is 0 Å². The molecule has 0 radical (unpaired) electrons. The van der Waals surface area contributed by atoms with Crippen LogP contribution in [0.5, 0.6) is 0 Å². The topological polar surface area (TPSA) is 63.4 Å². The normalized spacial score (nSPS) is 24.1. The van der Waals surface area contributed by atoms with Crippen molar-refractivity contribution in [2.24, 2.45) is 17.6 Å². The smallest absolute Gasteiger partial charge is 0.255 e. The first-order valence-corrected chi connectivity index (χ1v) is 8.44. The van der Waals surface area contributed by atoms with Gasteiger partial charge in [0, 0.05) is 23.2 Å². The van der Waals surface area contributed by atoms with Gasteiger partial charge in [-0.3, -0.25) is 9.59 Å². The van der Waals surface area contributed by atoms with E-state index in [1.807, 2.05) is 13.0 Å². The van der Waals surface area contributed by atoms with Crippen molar-refractivity contribution in [3.05, 3.63) is 59.4 Å². The number of likely N-dealkylation sites (tertiary alicyclic amines) is 1. The fraction of sp³-hybridized carbons (Fsp3) is 0.300. The third kappa shape index (κ3) is 2.51. The van der Waals surface area contributed by atoms with Crippen LogP contribution in [0, 0.1) is 24.6 Å². The number of hydrogen-bond donors (Lipinski definition) is 1. The first-order valence-electron chi connectivity index (χ1n) is 8.44. The summed E-state index contributed by atoms with van der Waals surface area (Å²) in [6.45, 7) is 2.40. The molecule has 4 rings (SSSR count). The number of amides is 2. The summed E-state index contributed by atoms with van der Waals surface area (Å²) in [7, 11) is 0. The second-order valence-electron chi connectivity index (χ2n) is 6.94. The molecule has 1 aliphatic carbocycles. The molecule has 0 spiro atoms. The number of benzene rings is 2. The molecule has 0 aromatic heterocycles. The van der Waals surface area contributed by atoms with Crippen LogP contribution in [-0.4, -0.2) is 29.3 Å². The maximum atomic E-state index is 14.4. The predicted molar refractivity (Wildman–Crippen MR) is 92.2 cm³/mol. The number of carbonyl (C=O) groups is 2. The predicted octanol–water partition coefficient (Wildman–Crippen LogP) is 2.75. The summed E-state index contributed by atoms with van der Waals surface area (Å²) in [5.74, 6) is -0.538. The van der Waals surface area contributed by atoms with Gasteiger partial charge in [-0.25, -0.2) is 4.39 Å². The van der Waals surface area contributed by atoms with Crippen LogP contribution in [0.3, 0.4) is 0 Å². The molecule has 2 aromatic rings. The van der Waals surface area contributed by atoms with Crippen molar-refractivity contribution in [2.75, 3.05) is 6.54 Å². The quantitative estimate of drug-likeness (QED) is 0.935. The zero-order valence-electron chi connectivity index (χ0n) is 13.9. The number of nitrogens with zero attached hydrogens (tertiary/aromatic N) is 1. The van der Waals surface area contributed by atoms with Gasteiger partial charge in [-0.05, 0) is 42.9 Å². The second-order valence-corrected chi connectivity index (χ2v) is 6.94. The third-order valence-corrected chi connectivity index (χ3v) is 5.35. The standard InChI is InChI=1S/C20H19FN2O2/c1-11-5-4-7-14(17(11)13-6-2-3-8-16(13)21)20(25)23-10-12-9-15(12)18(23)19(22)24/h2-8,12,15,18H,9-10H2,1H3,(H2,22,24)/t12-,15-,18+/m1/s1. The Bertz CT molecular complexity index is 880. The van der Waals surface area contributed by atoms with E-state index in [2.05, 4.69) is 0 Å². The van der Waals surface area contributed by atoms with E-state index >= 15 is 0 Å². The summed E-state index contributed by atoms with van der Waals surface area (Å²) in [5, 5.41) is 0. The van der Waals surface area contributed by atoms with Crippen molar-refractivity contribution < 1.29 is 14.0 Å². The molecule has 1 saturated carbocycles. The van der Waals surface area contributed by atoms with Gasteiger partial charge >= 0.3 is 0 Å². The van der Waals surface area contributed by atoms with Crippen LogP contribution in [0.1, 0.15) is 22.3 Å². The zero-order valence-corrected chi connectivity index (χ0v) is 13.9. The number of halogens is 1. The van der Waals surface area contributed by atoms with E-state index in [-0.39, 0.29) is 17.6 Å². The highest BCUT2D eigenvalue weighted by molar-refractivity contribution is 6.04. The highest BCUT2D eigenvalue weighted by atomic mass is 19.1. The van der Waals surface area contributed by atoms with Gasteiger partial charge < -0.3 is 10.6 Å². The lowest BCUT2D eigenvalue weighted by atomic mass is 9.93. The van der Waals surface area contributed by atoms with Gasteiger partial charge in [0.25, 0.3) is 5.91 Å². The summed E-state index contributed by atoms with van der Waals surface area (Å²) < 4.78 is 14.4. The number of rotatable bonds is 3. The van der Waals surface area contributed by atoms with Crippen molar-refractivity contribution in [1.29, 1.82) is 0 Å². The van der Waals surface area contributed by atoms with E-state index in [4.69, 9.17) is 5.73 Å². The van der Waals surface area contributed by atoms with Crippen LogP contribution >= 0.6 is 0 Å². The molecule has 0 bridgehead atoms. The molecule has 0 unspecified atom stereocenters. The van der Waals surface area contributed by atoms with E-state index in [0.29, 0.717) is 29.2 Å². The maximum Gasteiger partial charge on any atom is 0.255 e. The minimum absolute atomic E-state index is 0.183. The molecule has 4 nitrogen and oxygen atoms in total. The summed E-state index contributed by atoms with van der Waals surface area (Å²) >= 11 is 0. The Labute approximate surface area is 145 Å². The van der Waals surface area contributed by atoms with Gasteiger partial charge in [0.2, 0.25) is 5.91 Å². The van der Waals surface area contributed by atoms with E-state index in [0.717, 1.165) is 12.0 Å². The molecular formula is C20H19FN2O2. The molecule has 2 fully saturated rings. The number of piperidine rings is 1. The van der Waals surface area contributed by atoms with Gasteiger partial charge in [-0.15, -0.1) is 0 Å². The Kier molecular flexibility index (Phi) is 3.60. The van der Waals surface area contributed by atoms with Crippen molar-refractivity contribution in [3.63, 3.8) is 0 Å². The number of hydrogen-bond acceptors (Lipinski definition) is 2. The number of carbonyl (C=O) groups excluding carboxylic acids is 2. The Hall–Kier alpha value is -2.69. The molecule has 3 atom stereocenters. The van der Waals surface area contributed by atoms with Crippen LogP contribution < -0.4 is 5.73 Å². The summed E-state index contributed by atoms with van der Waals surface area (Å²) in [6.07, 6.45) is 0.950. The minimum atomic E-state index is -0.550. The number of aryl methyl sites for hydroxylation is 1. The van der Waals surface area contributed by atoms with E-state index in [9.17, 15) is 14.0 Å². The van der Waals surface area contributed by atoms with Gasteiger partial charge in [-0.2, -0.15) is 0 Å². The van der Waals surface area contributed by atoms with Gasteiger partial charge in [0.1, 0.15) is 11.9 Å². The first-order chi connectivity index (χ1) is 12.0. The fourth-order valence-corrected chi connectivity index (χ4v) is 4.06. The van der Waals surface area contributed by atoms with Crippen LogP contribution in [0.2, 0.25) is 0 Å². The molecule has 25 heavy (non-hydrogen) atoms. The molecule has 1 aliphatic heterocycles. The Morgan fingerprint density at radius 1 is 1.16 bits per heavy atom. The average molecular weight is 338 g/mol. The van der Waals surface area contributed by atoms with Crippen LogP contribution in [0.15, 0.2) is 42.5 Å². The molecule has 2 amide bonds. The lowest BCUT2D eigenvalue weighted by molar-refractivity contribution is -0.122. The highest BCUT2D eigenvalue weighted by Gasteiger charge is 2.56. The van der Waals surface area contributed by atoms with Crippen LogP contribution in [0.25, 0.3) is 11.1 Å². The molecule has 5 heteroatoms. The highest BCUT2D eigenvalue weighted by Crippen LogP contribution is 2.50. The van der Waals surface area contributed by atoms with Crippen molar-refractivity contribution in [2.45, 2.75) is 19.4 Å². The Morgan fingerprint density at radius 3 is 2.64 bits per heavy atom.